The molecule has 1 unspecified atom stereocenters. The zero-order valence-corrected chi connectivity index (χ0v) is 17.9. The Morgan fingerprint density at radius 3 is 2.28 bits per heavy atom. The molecule has 0 bridgehead atoms. The van der Waals surface area contributed by atoms with Crippen LogP contribution in [0.4, 0.5) is 0 Å². The third-order valence-corrected chi connectivity index (χ3v) is 4.15. The van der Waals surface area contributed by atoms with Crippen molar-refractivity contribution >= 4 is 52.8 Å². The molecular weight excluding hydrogens is 439 g/mol. The van der Waals surface area contributed by atoms with Gasteiger partial charge in [0.25, 0.3) is 5.91 Å². The predicted octanol–water partition coefficient (Wildman–Crippen LogP) is 3.69. The van der Waals surface area contributed by atoms with Gasteiger partial charge in [-0.1, -0.05) is 48.7 Å². The number of hydrazone groups is 1. The minimum absolute atomic E-state index is 0.297. The molecule has 29 heavy (non-hydrogen) atoms. The first kappa shape index (κ1) is 22.9. The highest BCUT2D eigenvalue weighted by Gasteiger charge is 2.36. The summed E-state index contributed by atoms with van der Waals surface area (Å²) in [4.78, 5) is 27.6. The molecule has 0 fully saturated rings. The zero-order chi connectivity index (χ0) is 21.4. The second kappa shape index (κ2) is 10.4. The number of ether oxygens (including phenoxy) is 1. The molecule has 2 aromatic rings. The van der Waals surface area contributed by atoms with Crippen LogP contribution in [0, 0.1) is 5.92 Å². The lowest BCUT2D eigenvalue weighted by Gasteiger charge is -2.27. The van der Waals surface area contributed by atoms with Crippen LogP contribution < -0.4 is 15.5 Å². The monoisotopic (exact) mass is 456 g/mol. The summed E-state index contributed by atoms with van der Waals surface area (Å²) in [6, 6.07) is 9.79. The highest BCUT2D eigenvalue weighted by Crippen LogP contribution is 2.32. The predicted molar refractivity (Wildman–Crippen MR) is 113 cm³/mol. The Balaban J connectivity index is 1.97. The number of nitrogens with one attached hydrogen (secondary N) is 2. The molecule has 2 amide bonds. The number of carbonyl (C=O) groups excluding carboxylic acids is 2. The van der Waals surface area contributed by atoms with Gasteiger partial charge in [-0.25, -0.2) is 5.43 Å². The first-order valence-corrected chi connectivity index (χ1v) is 9.67. The van der Waals surface area contributed by atoms with Crippen LogP contribution in [0.5, 0.6) is 5.75 Å². The van der Waals surface area contributed by atoms with Crippen molar-refractivity contribution in [2.75, 3.05) is 0 Å². The fraction of sp³-hybridized carbons (Fsp3) is 0.263. The van der Waals surface area contributed by atoms with Crippen LogP contribution in [0.15, 0.2) is 53.9 Å². The average Bonchev–Trinajstić information content (AvgIpc) is 2.68. The first-order chi connectivity index (χ1) is 13.7. The van der Waals surface area contributed by atoms with Crippen molar-refractivity contribution in [1.82, 2.24) is 15.7 Å². The molecule has 10 heteroatoms. The molecule has 0 saturated carbocycles. The summed E-state index contributed by atoms with van der Waals surface area (Å²) in [5.74, 6) is -0.581. The van der Waals surface area contributed by atoms with E-state index in [9.17, 15) is 9.59 Å². The van der Waals surface area contributed by atoms with Crippen LogP contribution in [0.2, 0.25) is 0 Å². The molecule has 0 aliphatic rings. The number of halogens is 3. The van der Waals surface area contributed by atoms with E-state index in [0.717, 1.165) is 0 Å². The minimum atomic E-state index is -1.86. The first-order valence-electron chi connectivity index (χ1n) is 8.54. The Hall–Kier alpha value is -2.35. The number of hydrogen-bond donors (Lipinski definition) is 2. The highest BCUT2D eigenvalue weighted by atomic mass is 35.6. The lowest BCUT2D eigenvalue weighted by molar-refractivity contribution is -0.126. The van der Waals surface area contributed by atoms with E-state index in [4.69, 9.17) is 39.5 Å². The van der Waals surface area contributed by atoms with Gasteiger partial charge < -0.3 is 10.1 Å². The van der Waals surface area contributed by atoms with E-state index in [2.05, 4.69) is 20.8 Å². The van der Waals surface area contributed by atoms with E-state index in [0.29, 0.717) is 16.9 Å². The molecule has 0 aliphatic carbocycles. The fourth-order valence-corrected chi connectivity index (χ4v) is 2.27. The van der Waals surface area contributed by atoms with Crippen LogP contribution in [-0.2, 0) is 4.79 Å². The summed E-state index contributed by atoms with van der Waals surface area (Å²) in [5, 5.41) is 6.45. The van der Waals surface area contributed by atoms with E-state index >= 15 is 0 Å². The maximum Gasteiger partial charge on any atom is 0.271 e. The number of pyridine rings is 1. The molecule has 154 valence electrons. The van der Waals surface area contributed by atoms with Crippen molar-refractivity contribution in [3.63, 3.8) is 0 Å². The van der Waals surface area contributed by atoms with Gasteiger partial charge in [0.1, 0.15) is 5.75 Å². The molecule has 0 aliphatic heterocycles. The van der Waals surface area contributed by atoms with E-state index in [1.165, 1.54) is 18.6 Å². The van der Waals surface area contributed by atoms with Crippen molar-refractivity contribution < 1.29 is 14.3 Å². The lowest BCUT2D eigenvalue weighted by Crippen LogP contribution is -2.49. The van der Waals surface area contributed by atoms with Crippen LogP contribution >= 0.6 is 34.8 Å². The number of alkyl halides is 3. The van der Waals surface area contributed by atoms with E-state index in [1.54, 1.807) is 50.2 Å². The van der Waals surface area contributed by atoms with Crippen LogP contribution in [-0.4, -0.2) is 33.0 Å². The largest absolute Gasteiger partial charge is 0.466 e. The number of carbonyl (C=O) groups is 2. The number of nitrogens with zero attached hydrogens (tertiary/aromatic N) is 2. The van der Waals surface area contributed by atoms with Crippen molar-refractivity contribution in [2.45, 2.75) is 23.9 Å². The molecule has 2 N–H and O–H groups in total. The van der Waals surface area contributed by atoms with Crippen LogP contribution in [0.3, 0.4) is 0 Å². The van der Waals surface area contributed by atoms with Gasteiger partial charge in [-0.3, -0.25) is 14.6 Å². The topological polar surface area (TPSA) is 92.7 Å². The fourth-order valence-electron chi connectivity index (χ4n) is 1.98. The lowest BCUT2D eigenvalue weighted by atomic mass is 10.2. The van der Waals surface area contributed by atoms with Gasteiger partial charge in [-0.15, -0.1) is 0 Å². The standard InChI is InChI=1S/C19H19Cl3N4O3/c1-12(2)16(27)25-18(19(20,21)22)29-15-5-3-13(4-6-15)11-24-26-17(28)14-7-9-23-10-8-14/h3-12,18H,1-2H3,(H,25,27)(H,26,28). The van der Waals surface area contributed by atoms with Gasteiger partial charge >= 0.3 is 0 Å². The van der Waals surface area contributed by atoms with Crippen molar-refractivity contribution in [2.24, 2.45) is 11.0 Å². The van der Waals surface area contributed by atoms with Crippen LogP contribution in [0.25, 0.3) is 0 Å². The Labute approximate surface area is 183 Å². The maximum atomic E-state index is 11.9. The summed E-state index contributed by atoms with van der Waals surface area (Å²) in [5.41, 5.74) is 3.56. The van der Waals surface area contributed by atoms with Crippen LogP contribution in [0.1, 0.15) is 29.8 Å². The maximum absolute atomic E-state index is 11.9. The van der Waals surface area contributed by atoms with Crippen molar-refractivity contribution in [3.05, 3.63) is 59.9 Å². The molecule has 2 rings (SSSR count). The SMILES string of the molecule is CC(C)C(=O)NC(Oc1ccc(C=NNC(=O)c2ccncc2)cc1)C(Cl)(Cl)Cl. The van der Waals surface area contributed by atoms with E-state index in [-0.39, 0.29) is 17.7 Å². The second-order valence-electron chi connectivity index (χ2n) is 6.21. The number of amides is 2. The Kier molecular flexibility index (Phi) is 8.25. The Bertz CT molecular complexity index is 853. The van der Waals surface area contributed by atoms with Gasteiger partial charge in [-0.2, -0.15) is 5.10 Å². The van der Waals surface area contributed by atoms with Gasteiger partial charge in [0.05, 0.1) is 6.21 Å². The smallest absolute Gasteiger partial charge is 0.271 e. The van der Waals surface area contributed by atoms with Crippen molar-refractivity contribution in [3.8, 4) is 5.75 Å². The average molecular weight is 458 g/mol. The molecule has 0 spiro atoms. The second-order valence-corrected chi connectivity index (χ2v) is 8.58. The quantitative estimate of drug-likeness (QED) is 0.287. The minimum Gasteiger partial charge on any atom is -0.466 e. The summed E-state index contributed by atoms with van der Waals surface area (Å²) < 4.78 is 3.75. The molecule has 1 aromatic carbocycles. The number of rotatable bonds is 7. The van der Waals surface area contributed by atoms with Crippen molar-refractivity contribution in [1.29, 1.82) is 0 Å². The van der Waals surface area contributed by atoms with Gasteiger partial charge in [0.15, 0.2) is 0 Å². The van der Waals surface area contributed by atoms with E-state index < -0.39 is 10.0 Å². The number of aromatic nitrogens is 1. The molecule has 0 saturated heterocycles. The van der Waals surface area contributed by atoms with Gasteiger partial charge in [0, 0.05) is 23.9 Å². The number of benzene rings is 1. The summed E-state index contributed by atoms with van der Waals surface area (Å²) >= 11 is 17.7. The molecule has 7 nitrogen and oxygen atoms in total. The third kappa shape index (κ3) is 7.53. The summed E-state index contributed by atoms with van der Waals surface area (Å²) in [6.45, 7) is 3.43. The summed E-state index contributed by atoms with van der Waals surface area (Å²) in [7, 11) is 0. The zero-order valence-electron chi connectivity index (χ0n) is 15.6. The summed E-state index contributed by atoms with van der Waals surface area (Å²) in [6.07, 6.45) is 3.34. The number of hydrogen-bond acceptors (Lipinski definition) is 5. The third-order valence-electron chi connectivity index (χ3n) is 3.55. The highest BCUT2D eigenvalue weighted by molar-refractivity contribution is 6.68. The normalized spacial score (nSPS) is 12.6. The van der Waals surface area contributed by atoms with Gasteiger partial charge in [-0.05, 0) is 42.0 Å². The van der Waals surface area contributed by atoms with Gasteiger partial charge in [0.2, 0.25) is 15.9 Å². The Morgan fingerprint density at radius 2 is 1.72 bits per heavy atom. The Morgan fingerprint density at radius 1 is 1.10 bits per heavy atom. The molecule has 1 aromatic heterocycles. The molecule has 0 radical (unpaired) electrons. The van der Waals surface area contributed by atoms with E-state index in [1.807, 2.05) is 0 Å². The molecular formula is C19H19Cl3N4O3. The molecule has 1 atom stereocenters. The molecule has 1 heterocycles.